The number of rotatable bonds is 1. The number of nitrogens with one attached hydrogen (secondary N) is 1. The Labute approximate surface area is 131 Å². The van der Waals surface area contributed by atoms with Crippen molar-refractivity contribution in [2.45, 2.75) is 33.8 Å². The SMILES string of the molecule is Cc1cccc2c1C(O)c1cc(NC(=O)C(C)(C)C)ccc1-2. The first-order valence-electron chi connectivity index (χ1n) is 7.52. The molecule has 1 aliphatic carbocycles. The molecule has 0 radical (unpaired) electrons. The van der Waals surface area contributed by atoms with Gasteiger partial charge in [-0.1, -0.05) is 45.0 Å². The quantitative estimate of drug-likeness (QED) is 0.834. The number of fused-ring (bicyclic) bond motifs is 3. The fraction of sp³-hybridized carbons (Fsp3) is 0.316. The monoisotopic (exact) mass is 295 g/mol. The molecule has 0 aromatic heterocycles. The predicted molar refractivity (Wildman–Crippen MR) is 88.8 cm³/mol. The molecule has 0 heterocycles. The second kappa shape index (κ2) is 4.96. The van der Waals surface area contributed by atoms with E-state index < -0.39 is 11.5 Å². The van der Waals surface area contributed by atoms with Gasteiger partial charge in [-0.25, -0.2) is 0 Å². The molecule has 3 nitrogen and oxygen atoms in total. The van der Waals surface area contributed by atoms with Crippen molar-refractivity contribution in [3.63, 3.8) is 0 Å². The number of aryl methyl sites for hydroxylation is 1. The van der Waals surface area contributed by atoms with Gasteiger partial charge in [-0.3, -0.25) is 4.79 Å². The summed E-state index contributed by atoms with van der Waals surface area (Å²) in [5.41, 5.74) is 5.31. The van der Waals surface area contributed by atoms with Crippen molar-refractivity contribution in [2.75, 3.05) is 5.32 Å². The molecule has 0 saturated carbocycles. The van der Waals surface area contributed by atoms with Crippen LogP contribution in [0.1, 0.15) is 43.6 Å². The average Bonchev–Trinajstić information content (AvgIpc) is 2.72. The second-order valence-corrected chi connectivity index (χ2v) is 6.94. The third kappa shape index (κ3) is 2.32. The van der Waals surface area contributed by atoms with E-state index in [1.54, 1.807) is 0 Å². The maximum atomic E-state index is 12.1. The van der Waals surface area contributed by atoms with Gasteiger partial charge in [0.05, 0.1) is 0 Å². The number of benzene rings is 2. The molecule has 3 rings (SSSR count). The summed E-state index contributed by atoms with van der Waals surface area (Å²) in [5, 5.41) is 13.5. The zero-order chi connectivity index (χ0) is 16.1. The van der Waals surface area contributed by atoms with Gasteiger partial charge in [0.15, 0.2) is 0 Å². The summed E-state index contributed by atoms with van der Waals surface area (Å²) in [7, 11) is 0. The predicted octanol–water partition coefficient (Wildman–Crippen LogP) is 4.04. The minimum atomic E-state index is -0.627. The van der Waals surface area contributed by atoms with Crippen LogP contribution in [0.15, 0.2) is 36.4 Å². The summed E-state index contributed by atoms with van der Waals surface area (Å²) >= 11 is 0. The van der Waals surface area contributed by atoms with Crippen molar-refractivity contribution in [1.82, 2.24) is 0 Å². The normalized spacial score (nSPS) is 16.1. The lowest BCUT2D eigenvalue weighted by Crippen LogP contribution is -2.27. The van der Waals surface area contributed by atoms with E-state index in [1.165, 1.54) is 0 Å². The molecule has 0 saturated heterocycles. The van der Waals surface area contributed by atoms with Gasteiger partial charge in [0.25, 0.3) is 0 Å². The van der Waals surface area contributed by atoms with E-state index >= 15 is 0 Å². The number of carbonyl (C=O) groups excluding carboxylic acids is 1. The Kier molecular flexibility index (Phi) is 3.33. The summed E-state index contributed by atoms with van der Waals surface area (Å²) in [4.78, 5) is 12.1. The lowest BCUT2D eigenvalue weighted by molar-refractivity contribution is -0.123. The molecule has 0 spiro atoms. The molecule has 2 aromatic carbocycles. The molecule has 1 unspecified atom stereocenters. The van der Waals surface area contributed by atoms with Crippen molar-refractivity contribution in [1.29, 1.82) is 0 Å². The molecule has 2 aromatic rings. The van der Waals surface area contributed by atoms with E-state index in [0.717, 1.165) is 33.5 Å². The van der Waals surface area contributed by atoms with Crippen molar-refractivity contribution in [2.24, 2.45) is 5.41 Å². The van der Waals surface area contributed by atoms with Crippen LogP contribution in [-0.4, -0.2) is 11.0 Å². The van der Waals surface area contributed by atoms with Crippen molar-refractivity contribution >= 4 is 11.6 Å². The number of hydrogen-bond acceptors (Lipinski definition) is 2. The molecule has 0 fully saturated rings. The third-order valence-electron chi connectivity index (χ3n) is 4.17. The van der Waals surface area contributed by atoms with E-state index in [-0.39, 0.29) is 5.91 Å². The van der Waals surface area contributed by atoms with Gasteiger partial charge < -0.3 is 10.4 Å². The minimum Gasteiger partial charge on any atom is -0.384 e. The number of amides is 1. The van der Waals surface area contributed by atoms with Crippen LogP contribution in [-0.2, 0) is 4.79 Å². The Balaban J connectivity index is 1.99. The van der Waals surface area contributed by atoms with E-state index in [1.807, 2.05) is 64.1 Å². The van der Waals surface area contributed by atoms with Gasteiger partial charge in [-0.05, 0) is 46.9 Å². The first-order valence-corrected chi connectivity index (χ1v) is 7.52. The highest BCUT2D eigenvalue weighted by Gasteiger charge is 2.29. The second-order valence-electron chi connectivity index (χ2n) is 6.94. The maximum absolute atomic E-state index is 12.1. The summed E-state index contributed by atoms with van der Waals surface area (Å²) in [6, 6.07) is 11.8. The lowest BCUT2D eigenvalue weighted by Gasteiger charge is -2.18. The summed E-state index contributed by atoms with van der Waals surface area (Å²) in [6.07, 6.45) is -0.627. The molecule has 1 aliphatic rings. The molecule has 22 heavy (non-hydrogen) atoms. The Morgan fingerprint density at radius 2 is 1.86 bits per heavy atom. The Morgan fingerprint density at radius 3 is 2.55 bits per heavy atom. The first kappa shape index (κ1) is 14.8. The van der Waals surface area contributed by atoms with Crippen LogP contribution >= 0.6 is 0 Å². The van der Waals surface area contributed by atoms with Crippen LogP contribution in [0.2, 0.25) is 0 Å². The highest BCUT2D eigenvalue weighted by molar-refractivity contribution is 5.95. The van der Waals surface area contributed by atoms with Crippen LogP contribution in [0.3, 0.4) is 0 Å². The largest absolute Gasteiger partial charge is 0.384 e. The lowest BCUT2D eigenvalue weighted by atomic mass is 9.95. The Bertz CT molecular complexity index is 757. The summed E-state index contributed by atoms with van der Waals surface area (Å²) in [5.74, 6) is -0.0337. The van der Waals surface area contributed by atoms with Gasteiger partial charge in [0.2, 0.25) is 5.91 Å². The van der Waals surface area contributed by atoms with E-state index in [9.17, 15) is 9.90 Å². The van der Waals surface area contributed by atoms with Crippen molar-refractivity contribution in [3.05, 3.63) is 53.1 Å². The average molecular weight is 295 g/mol. The van der Waals surface area contributed by atoms with E-state index in [4.69, 9.17) is 0 Å². The molecule has 0 aliphatic heterocycles. The zero-order valence-corrected chi connectivity index (χ0v) is 13.4. The van der Waals surface area contributed by atoms with Gasteiger partial charge in [-0.15, -0.1) is 0 Å². The molecule has 0 bridgehead atoms. The smallest absolute Gasteiger partial charge is 0.229 e. The van der Waals surface area contributed by atoms with Crippen LogP contribution in [0.25, 0.3) is 11.1 Å². The topological polar surface area (TPSA) is 49.3 Å². The molecule has 1 amide bonds. The number of carbonyl (C=O) groups is 1. The highest BCUT2D eigenvalue weighted by Crippen LogP contribution is 2.45. The zero-order valence-electron chi connectivity index (χ0n) is 13.4. The first-order chi connectivity index (χ1) is 10.3. The number of aliphatic hydroxyl groups excluding tert-OH is 1. The fourth-order valence-electron chi connectivity index (χ4n) is 2.86. The highest BCUT2D eigenvalue weighted by atomic mass is 16.3. The van der Waals surface area contributed by atoms with Crippen molar-refractivity contribution in [3.8, 4) is 11.1 Å². The molecule has 2 N–H and O–H groups in total. The van der Waals surface area contributed by atoms with Crippen LogP contribution in [0.5, 0.6) is 0 Å². The molecular formula is C19H21NO2. The van der Waals surface area contributed by atoms with Gasteiger partial charge >= 0.3 is 0 Å². The maximum Gasteiger partial charge on any atom is 0.229 e. The van der Waals surface area contributed by atoms with Gasteiger partial charge in [0, 0.05) is 11.1 Å². The molecule has 1 atom stereocenters. The minimum absolute atomic E-state index is 0.0337. The Hall–Kier alpha value is -2.13. The van der Waals surface area contributed by atoms with Crippen LogP contribution in [0.4, 0.5) is 5.69 Å². The molecular weight excluding hydrogens is 274 g/mol. The van der Waals surface area contributed by atoms with Gasteiger partial charge in [-0.2, -0.15) is 0 Å². The summed E-state index contributed by atoms with van der Waals surface area (Å²) < 4.78 is 0. The number of aliphatic hydroxyl groups is 1. The summed E-state index contributed by atoms with van der Waals surface area (Å²) in [6.45, 7) is 7.65. The van der Waals surface area contributed by atoms with Crippen LogP contribution < -0.4 is 5.32 Å². The third-order valence-corrected chi connectivity index (χ3v) is 4.17. The standard InChI is InChI=1S/C19H21NO2/c1-11-6-5-7-14-13-9-8-12(20-18(22)19(2,3)4)10-15(13)17(21)16(11)14/h5-10,17,21H,1-4H3,(H,20,22). The van der Waals surface area contributed by atoms with Crippen molar-refractivity contribution < 1.29 is 9.90 Å². The fourth-order valence-corrected chi connectivity index (χ4v) is 2.86. The van der Waals surface area contributed by atoms with Crippen LogP contribution in [0, 0.1) is 12.3 Å². The van der Waals surface area contributed by atoms with E-state index in [0.29, 0.717) is 0 Å². The molecule has 3 heteroatoms. The Morgan fingerprint density at radius 1 is 1.14 bits per heavy atom. The number of hydrogen-bond donors (Lipinski definition) is 2. The van der Waals surface area contributed by atoms with Gasteiger partial charge in [0.1, 0.15) is 6.10 Å². The molecule has 114 valence electrons. The number of anilines is 1. The van der Waals surface area contributed by atoms with E-state index in [2.05, 4.69) is 5.32 Å².